The van der Waals surface area contributed by atoms with E-state index in [1.807, 2.05) is 6.92 Å². The lowest BCUT2D eigenvalue weighted by Crippen LogP contribution is -2.40. The minimum atomic E-state index is -0.412. The Morgan fingerprint density at radius 2 is 2.07 bits per heavy atom. The van der Waals surface area contributed by atoms with Gasteiger partial charge in [0.05, 0.1) is 17.4 Å². The van der Waals surface area contributed by atoms with Gasteiger partial charge in [-0.15, -0.1) is 0 Å². The summed E-state index contributed by atoms with van der Waals surface area (Å²) in [4.78, 5) is 4.09. The van der Waals surface area contributed by atoms with Crippen molar-refractivity contribution in [2.24, 2.45) is 11.7 Å². The lowest BCUT2D eigenvalue weighted by atomic mass is 9.82. The zero-order chi connectivity index (χ0) is 10.9. The minimum absolute atomic E-state index is 0.305. The smallest absolute Gasteiger partial charge is 0.141 e. The number of pyridine rings is 1. The van der Waals surface area contributed by atoms with Crippen molar-refractivity contribution in [1.82, 2.24) is 4.98 Å². The normalized spacial score (nSPS) is 21.5. The Hall–Kier alpha value is -0.960. The van der Waals surface area contributed by atoms with Crippen LogP contribution in [0.15, 0.2) is 18.3 Å². The van der Waals surface area contributed by atoms with E-state index in [1.165, 1.54) is 25.1 Å². The summed E-state index contributed by atoms with van der Waals surface area (Å²) in [7, 11) is 0. The highest BCUT2D eigenvalue weighted by Gasteiger charge is 2.34. The molecule has 2 N–H and O–H groups in total. The van der Waals surface area contributed by atoms with Crippen LogP contribution >= 0.6 is 0 Å². The molecule has 0 aromatic carbocycles. The Morgan fingerprint density at radius 1 is 1.40 bits per heavy atom. The third kappa shape index (κ3) is 2.02. The number of nitrogens with zero attached hydrogens (tertiary/aromatic N) is 1. The van der Waals surface area contributed by atoms with E-state index >= 15 is 0 Å². The lowest BCUT2D eigenvalue weighted by molar-refractivity contribution is 0.298. The molecule has 1 aliphatic rings. The molecular formula is C12H17FN2. The monoisotopic (exact) mass is 208 g/mol. The highest BCUT2D eigenvalue weighted by Crippen LogP contribution is 2.37. The van der Waals surface area contributed by atoms with Gasteiger partial charge in [-0.05, 0) is 37.8 Å². The minimum Gasteiger partial charge on any atom is -0.320 e. The zero-order valence-electron chi connectivity index (χ0n) is 9.04. The van der Waals surface area contributed by atoms with Gasteiger partial charge >= 0.3 is 0 Å². The van der Waals surface area contributed by atoms with Crippen LogP contribution in [0.4, 0.5) is 4.39 Å². The average molecular weight is 208 g/mol. The van der Waals surface area contributed by atoms with Crippen molar-refractivity contribution in [3.63, 3.8) is 0 Å². The first-order chi connectivity index (χ1) is 7.10. The largest absolute Gasteiger partial charge is 0.320 e. The van der Waals surface area contributed by atoms with Gasteiger partial charge in [-0.2, -0.15) is 0 Å². The Kier molecular flexibility index (Phi) is 2.74. The summed E-state index contributed by atoms with van der Waals surface area (Å²) in [6.07, 6.45) is 6.06. The van der Waals surface area contributed by atoms with Gasteiger partial charge in [0.2, 0.25) is 0 Å². The van der Waals surface area contributed by atoms with Crippen molar-refractivity contribution in [3.05, 3.63) is 29.8 Å². The molecule has 0 aliphatic heterocycles. The van der Waals surface area contributed by atoms with Gasteiger partial charge in [-0.3, -0.25) is 4.98 Å². The third-order valence-electron chi connectivity index (χ3n) is 3.48. The quantitative estimate of drug-likeness (QED) is 0.811. The van der Waals surface area contributed by atoms with Crippen LogP contribution in [-0.2, 0) is 5.54 Å². The summed E-state index contributed by atoms with van der Waals surface area (Å²) in [6, 6.07) is 3.13. The van der Waals surface area contributed by atoms with Crippen LogP contribution in [0, 0.1) is 11.7 Å². The fraction of sp³-hybridized carbons (Fsp3) is 0.583. The van der Waals surface area contributed by atoms with E-state index in [0.717, 1.165) is 18.5 Å². The Bertz CT molecular complexity index is 326. The molecule has 1 unspecified atom stereocenters. The summed E-state index contributed by atoms with van der Waals surface area (Å²) < 4.78 is 12.7. The molecule has 1 aromatic rings. The standard InChI is InChI=1S/C12H17FN2/c1-12(14,9-4-2-3-5-9)11-7-6-10(13)8-15-11/h6-9H,2-5,14H2,1H3. The molecule has 1 heterocycles. The number of hydrogen-bond donors (Lipinski definition) is 1. The van der Waals surface area contributed by atoms with Gasteiger partial charge in [0.25, 0.3) is 0 Å². The Balaban J connectivity index is 2.23. The van der Waals surface area contributed by atoms with Crippen LogP contribution < -0.4 is 5.73 Å². The second-order valence-electron chi connectivity index (χ2n) is 4.63. The van der Waals surface area contributed by atoms with Crippen molar-refractivity contribution in [3.8, 4) is 0 Å². The molecular weight excluding hydrogens is 191 g/mol. The molecule has 15 heavy (non-hydrogen) atoms. The van der Waals surface area contributed by atoms with Gasteiger partial charge in [-0.1, -0.05) is 12.8 Å². The summed E-state index contributed by atoms with van der Waals surface area (Å²) in [5, 5.41) is 0. The Labute approximate surface area is 89.7 Å². The molecule has 1 saturated carbocycles. The number of halogens is 1. The van der Waals surface area contributed by atoms with Crippen LogP contribution in [0.5, 0.6) is 0 Å². The molecule has 0 spiro atoms. The predicted molar refractivity (Wildman–Crippen MR) is 57.7 cm³/mol. The second-order valence-corrected chi connectivity index (χ2v) is 4.63. The molecule has 0 amide bonds. The molecule has 1 aromatic heterocycles. The maximum Gasteiger partial charge on any atom is 0.141 e. The molecule has 2 nitrogen and oxygen atoms in total. The number of aromatic nitrogens is 1. The maximum absolute atomic E-state index is 12.7. The Morgan fingerprint density at radius 3 is 2.60 bits per heavy atom. The summed E-state index contributed by atoms with van der Waals surface area (Å²) in [6.45, 7) is 2.00. The van der Waals surface area contributed by atoms with Gasteiger partial charge in [-0.25, -0.2) is 4.39 Å². The van der Waals surface area contributed by atoms with Crippen molar-refractivity contribution in [2.45, 2.75) is 38.1 Å². The average Bonchev–Trinajstić information content (AvgIpc) is 2.71. The summed E-state index contributed by atoms with van der Waals surface area (Å²) in [5.74, 6) is 0.177. The fourth-order valence-corrected chi connectivity index (χ4v) is 2.43. The second kappa shape index (κ2) is 3.89. The molecule has 0 bridgehead atoms. The molecule has 82 valence electrons. The predicted octanol–water partition coefficient (Wildman–Crippen LogP) is 2.58. The SMILES string of the molecule is CC(N)(c1ccc(F)cn1)C1CCCC1. The molecule has 2 rings (SSSR count). The van der Waals surface area contributed by atoms with Crippen molar-refractivity contribution in [1.29, 1.82) is 0 Å². The van der Waals surface area contributed by atoms with E-state index in [-0.39, 0.29) is 5.82 Å². The van der Waals surface area contributed by atoms with Crippen LogP contribution in [0.25, 0.3) is 0 Å². The summed E-state index contributed by atoms with van der Waals surface area (Å²) in [5.41, 5.74) is 6.70. The van der Waals surface area contributed by atoms with Crippen LogP contribution in [0.3, 0.4) is 0 Å². The highest BCUT2D eigenvalue weighted by molar-refractivity contribution is 5.16. The number of nitrogens with two attached hydrogens (primary N) is 1. The van der Waals surface area contributed by atoms with E-state index < -0.39 is 5.54 Å². The van der Waals surface area contributed by atoms with Gasteiger partial charge in [0, 0.05) is 0 Å². The topological polar surface area (TPSA) is 38.9 Å². The van der Waals surface area contributed by atoms with Crippen molar-refractivity contribution in [2.75, 3.05) is 0 Å². The highest BCUT2D eigenvalue weighted by atomic mass is 19.1. The van der Waals surface area contributed by atoms with Crippen LogP contribution in [-0.4, -0.2) is 4.98 Å². The molecule has 0 radical (unpaired) electrons. The molecule has 1 fully saturated rings. The van der Waals surface area contributed by atoms with Gasteiger partial charge in [0.1, 0.15) is 5.82 Å². The first kappa shape index (κ1) is 10.6. The number of rotatable bonds is 2. The van der Waals surface area contributed by atoms with E-state index in [9.17, 15) is 4.39 Å². The van der Waals surface area contributed by atoms with Crippen molar-refractivity contribution >= 4 is 0 Å². The van der Waals surface area contributed by atoms with Gasteiger partial charge in [0.15, 0.2) is 0 Å². The molecule has 1 atom stereocenters. The van der Waals surface area contributed by atoms with Gasteiger partial charge < -0.3 is 5.73 Å². The van der Waals surface area contributed by atoms with Crippen LogP contribution in [0.1, 0.15) is 38.3 Å². The zero-order valence-corrected chi connectivity index (χ0v) is 9.04. The molecule has 0 saturated heterocycles. The van der Waals surface area contributed by atoms with E-state index in [4.69, 9.17) is 5.73 Å². The maximum atomic E-state index is 12.7. The first-order valence-corrected chi connectivity index (χ1v) is 5.51. The molecule has 3 heteroatoms. The summed E-state index contributed by atoms with van der Waals surface area (Å²) >= 11 is 0. The van der Waals surface area contributed by atoms with E-state index in [1.54, 1.807) is 6.07 Å². The van der Waals surface area contributed by atoms with Crippen LogP contribution in [0.2, 0.25) is 0 Å². The lowest BCUT2D eigenvalue weighted by Gasteiger charge is -2.30. The van der Waals surface area contributed by atoms with E-state index in [0.29, 0.717) is 5.92 Å². The first-order valence-electron chi connectivity index (χ1n) is 5.51. The van der Waals surface area contributed by atoms with Crippen molar-refractivity contribution < 1.29 is 4.39 Å². The third-order valence-corrected chi connectivity index (χ3v) is 3.48. The molecule has 1 aliphatic carbocycles. The fourth-order valence-electron chi connectivity index (χ4n) is 2.43. The number of hydrogen-bond acceptors (Lipinski definition) is 2. The van der Waals surface area contributed by atoms with E-state index in [2.05, 4.69) is 4.98 Å².